The first-order valence-electron chi connectivity index (χ1n) is 12.1. The van der Waals surface area contributed by atoms with E-state index in [9.17, 15) is 9.59 Å². The molecule has 3 aromatic heterocycles. The monoisotopic (exact) mass is 477 g/mol. The van der Waals surface area contributed by atoms with Crippen molar-refractivity contribution in [1.82, 2.24) is 30.0 Å². The topological polar surface area (TPSA) is 114 Å². The molecule has 10 nitrogen and oxygen atoms in total. The molecule has 4 heterocycles. The van der Waals surface area contributed by atoms with Crippen LogP contribution in [0.3, 0.4) is 0 Å². The maximum atomic E-state index is 12.3. The number of aromatic nitrogens is 4. The molecule has 0 radical (unpaired) electrons. The van der Waals surface area contributed by atoms with Crippen molar-refractivity contribution in [3.8, 4) is 11.1 Å². The van der Waals surface area contributed by atoms with E-state index in [1.165, 1.54) is 0 Å². The van der Waals surface area contributed by atoms with Crippen LogP contribution in [0.1, 0.15) is 52.5 Å². The van der Waals surface area contributed by atoms with Crippen molar-refractivity contribution in [2.75, 3.05) is 18.4 Å². The molecule has 2 N–H and O–H groups in total. The highest BCUT2D eigenvalue weighted by atomic mass is 16.6. The average molecular weight is 478 g/mol. The lowest BCUT2D eigenvalue weighted by Gasteiger charge is -2.39. The van der Waals surface area contributed by atoms with Crippen LogP contribution in [0.5, 0.6) is 0 Å². The fourth-order valence-electron chi connectivity index (χ4n) is 4.43. The molecular weight excluding hydrogens is 446 g/mol. The molecule has 1 saturated heterocycles. The third kappa shape index (κ3) is 5.36. The number of hydrogen-bond donors (Lipinski definition) is 2. The van der Waals surface area contributed by atoms with Crippen molar-refractivity contribution >= 4 is 29.0 Å². The van der Waals surface area contributed by atoms with Crippen LogP contribution in [0.4, 0.5) is 15.4 Å². The van der Waals surface area contributed by atoms with Gasteiger partial charge in [0.05, 0.1) is 23.3 Å². The quantitative estimate of drug-likeness (QED) is 0.577. The Morgan fingerprint density at radius 1 is 1.06 bits per heavy atom. The number of nitrogens with zero attached hydrogens (tertiary/aromatic N) is 5. The zero-order valence-corrected chi connectivity index (χ0v) is 20.3. The van der Waals surface area contributed by atoms with Crippen LogP contribution in [0, 0.1) is 0 Å². The van der Waals surface area contributed by atoms with Gasteiger partial charge >= 0.3 is 12.1 Å². The minimum Gasteiger partial charge on any atom is -0.444 e. The van der Waals surface area contributed by atoms with Crippen molar-refractivity contribution < 1.29 is 14.3 Å². The van der Waals surface area contributed by atoms with Crippen LogP contribution in [0.25, 0.3) is 22.2 Å². The third-order valence-corrected chi connectivity index (χ3v) is 6.29. The van der Waals surface area contributed by atoms with E-state index >= 15 is 0 Å². The summed E-state index contributed by atoms with van der Waals surface area (Å²) in [6, 6.07) is 5.67. The van der Waals surface area contributed by atoms with E-state index in [0.717, 1.165) is 42.3 Å². The third-order valence-electron chi connectivity index (χ3n) is 6.29. The van der Waals surface area contributed by atoms with Gasteiger partial charge in [0, 0.05) is 42.7 Å². The van der Waals surface area contributed by atoms with Crippen LogP contribution < -0.4 is 10.6 Å². The highest BCUT2D eigenvalue weighted by molar-refractivity contribution is 5.90. The number of amides is 3. The fourth-order valence-corrected chi connectivity index (χ4v) is 4.43. The van der Waals surface area contributed by atoms with E-state index < -0.39 is 5.60 Å². The fraction of sp³-hybridized carbons (Fsp3) is 0.480. The molecule has 184 valence electrons. The molecule has 5 rings (SSSR count). The number of carbonyl (C=O) groups is 2. The van der Waals surface area contributed by atoms with Gasteiger partial charge in [-0.3, -0.25) is 15.0 Å². The zero-order valence-electron chi connectivity index (χ0n) is 20.3. The maximum absolute atomic E-state index is 12.3. The predicted molar refractivity (Wildman–Crippen MR) is 132 cm³/mol. The Hall–Kier alpha value is -3.69. The number of carbonyl (C=O) groups excluding carboxylic acids is 2. The lowest BCUT2D eigenvalue weighted by Crippen LogP contribution is -2.52. The summed E-state index contributed by atoms with van der Waals surface area (Å²) in [5, 5.41) is 10.3. The molecule has 3 amide bonds. The highest BCUT2D eigenvalue weighted by Gasteiger charge is 2.35. The smallest absolute Gasteiger partial charge is 0.410 e. The molecular formula is C25H31N7O3. The molecule has 0 spiro atoms. The second kappa shape index (κ2) is 9.16. The molecule has 0 aromatic carbocycles. The number of pyridine rings is 2. The molecule has 3 aromatic rings. The number of ether oxygens (including phenoxy) is 1. The molecule has 0 bridgehead atoms. The summed E-state index contributed by atoms with van der Waals surface area (Å²) in [4.78, 5) is 35.3. The van der Waals surface area contributed by atoms with Crippen molar-refractivity contribution in [3.63, 3.8) is 0 Å². The van der Waals surface area contributed by atoms with Crippen LogP contribution in [0.2, 0.25) is 0 Å². The van der Waals surface area contributed by atoms with Gasteiger partial charge in [0.15, 0.2) is 0 Å². The summed E-state index contributed by atoms with van der Waals surface area (Å²) in [5.74, 6) is 0.486. The van der Waals surface area contributed by atoms with E-state index in [0.29, 0.717) is 24.4 Å². The summed E-state index contributed by atoms with van der Waals surface area (Å²) in [7, 11) is 0. The first-order chi connectivity index (χ1) is 16.7. The Labute approximate surface area is 204 Å². The van der Waals surface area contributed by atoms with Gasteiger partial charge in [-0.05, 0) is 51.8 Å². The van der Waals surface area contributed by atoms with Crippen LogP contribution in [-0.4, -0.2) is 61.5 Å². The molecule has 1 saturated carbocycles. The second-order valence-corrected chi connectivity index (χ2v) is 10.3. The van der Waals surface area contributed by atoms with Gasteiger partial charge in [0.2, 0.25) is 0 Å². The minimum absolute atomic E-state index is 0.108. The van der Waals surface area contributed by atoms with E-state index in [-0.39, 0.29) is 24.2 Å². The first kappa shape index (κ1) is 23.1. The van der Waals surface area contributed by atoms with Gasteiger partial charge < -0.3 is 15.0 Å². The molecule has 10 heteroatoms. The SMILES string of the molecule is CC(C)(C)OC(=O)N1CC(n2cc(-c3cnc4ccc(NC(=O)NC5CCCC5)nc4c3)cn2)C1. The Kier molecular flexibility index (Phi) is 6.04. The number of nitrogens with one attached hydrogen (secondary N) is 2. The highest BCUT2D eigenvalue weighted by Crippen LogP contribution is 2.27. The number of urea groups is 1. The number of fused-ring (bicyclic) bond motifs is 1. The Morgan fingerprint density at radius 2 is 1.83 bits per heavy atom. The lowest BCUT2D eigenvalue weighted by molar-refractivity contribution is -0.000385. The summed E-state index contributed by atoms with van der Waals surface area (Å²) in [6.07, 6.45) is 9.61. The number of hydrogen-bond acceptors (Lipinski definition) is 6. The van der Waals surface area contributed by atoms with Gasteiger partial charge in [0.1, 0.15) is 11.4 Å². The molecule has 2 fully saturated rings. The Balaban J connectivity index is 1.24. The zero-order chi connectivity index (χ0) is 24.6. The molecule has 1 aliphatic carbocycles. The first-order valence-corrected chi connectivity index (χ1v) is 12.1. The van der Waals surface area contributed by atoms with Crippen LogP contribution in [0.15, 0.2) is 36.8 Å². The van der Waals surface area contributed by atoms with E-state index in [2.05, 4.69) is 25.7 Å². The number of likely N-dealkylation sites (tertiary alicyclic amines) is 1. The van der Waals surface area contributed by atoms with Crippen molar-refractivity contribution in [2.24, 2.45) is 0 Å². The van der Waals surface area contributed by atoms with Crippen molar-refractivity contribution in [3.05, 3.63) is 36.8 Å². The summed E-state index contributed by atoms with van der Waals surface area (Å²) in [6.45, 7) is 6.70. The van der Waals surface area contributed by atoms with Gasteiger partial charge in [-0.2, -0.15) is 5.10 Å². The summed E-state index contributed by atoms with van der Waals surface area (Å²) >= 11 is 0. The standard InChI is InChI=1S/C25H31N7O3/c1-25(2,3)35-24(34)31-14-19(15-31)32-13-17(12-27-32)16-10-21-20(26-11-16)8-9-22(29-21)30-23(33)28-18-6-4-5-7-18/h8-13,18-19H,4-7,14-15H2,1-3H3,(H2,28,29,30,33). The average Bonchev–Trinajstić information content (AvgIpc) is 3.43. The predicted octanol–water partition coefficient (Wildman–Crippen LogP) is 4.35. The Bertz CT molecular complexity index is 1240. The minimum atomic E-state index is -0.507. The molecule has 0 unspecified atom stereocenters. The number of anilines is 1. The van der Waals surface area contributed by atoms with Crippen molar-refractivity contribution in [1.29, 1.82) is 0 Å². The molecule has 2 aliphatic rings. The lowest BCUT2D eigenvalue weighted by atomic mass is 10.1. The molecule has 35 heavy (non-hydrogen) atoms. The molecule has 0 atom stereocenters. The van der Waals surface area contributed by atoms with Crippen molar-refractivity contribution in [2.45, 2.75) is 64.1 Å². The van der Waals surface area contributed by atoms with E-state index in [1.54, 1.807) is 23.4 Å². The van der Waals surface area contributed by atoms with Crippen LogP contribution >= 0.6 is 0 Å². The second-order valence-electron chi connectivity index (χ2n) is 10.3. The van der Waals surface area contributed by atoms with Gasteiger partial charge in [-0.15, -0.1) is 0 Å². The summed E-state index contributed by atoms with van der Waals surface area (Å²) < 4.78 is 7.29. The Morgan fingerprint density at radius 3 is 2.57 bits per heavy atom. The number of rotatable bonds is 4. The van der Waals surface area contributed by atoms with Crippen LogP contribution in [-0.2, 0) is 4.74 Å². The maximum Gasteiger partial charge on any atom is 0.410 e. The molecule has 1 aliphatic heterocycles. The van der Waals surface area contributed by atoms with Gasteiger partial charge in [-0.1, -0.05) is 12.8 Å². The summed E-state index contributed by atoms with van der Waals surface area (Å²) in [5.41, 5.74) is 2.72. The van der Waals surface area contributed by atoms with Gasteiger partial charge in [-0.25, -0.2) is 14.6 Å². The van der Waals surface area contributed by atoms with Gasteiger partial charge in [0.25, 0.3) is 0 Å². The van der Waals surface area contributed by atoms with E-state index in [1.807, 2.05) is 43.8 Å². The van der Waals surface area contributed by atoms with E-state index in [4.69, 9.17) is 4.74 Å². The largest absolute Gasteiger partial charge is 0.444 e. The normalized spacial score (nSPS) is 16.8.